The van der Waals surface area contributed by atoms with Crippen LogP contribution in [0.15, 0.2) is 24.3 Å². The van der Waals surface area contributed by atoms with Crippen molar-refractivity contribution in [1.29, 1.82) is 0 Å². The Morgan fingerprint density at radius 1 is 1.19 bits per heavy atom. The molecule has 2 aliphatic heterocycles. The van der Waals surface area contributed by atoms with Gasteiger partial charge >= 0.3 is 0 Å². The molecule has 0 atom stereocenters. The molecule has 0 bridgehead atoms. The molecule has 0 aromatic heterocycles. The minimum absolute atomic E-state index is 0.00132. The number of ether oxygens (including phenoxy) is 1. The second-order valence-electron chi connectivity index (χ2n) is 6.96. The van der Waals surface area contributed by atoms with Gasteiger partial charge in [-0.25, -0.2) is 8.78 Å². The fourth-order valence-corrected chi connectivity index (χ4v) is 3.52. The summed E-state index contributed by atoms with van der Waals surface area (Å²) in [7, 11) is 0. The summed E-state index contributed by atoms with van der Waals surface area (Å²) in [5, 5.41) is 2.89. The lowest BCUT2D eigenvalue weighted by Gasteiger charge is -2.31. The first kappa shape index (κ1) is 19.5. The van der Waals surface area contributed by atoms with Gasteiger partial charge in [-0.05, 0) is 43.5 Å². The van der Waals surface area contributed by atoms with Crippen molar-refractivity contribution in [3.05, 3.63) is 24.3 Å². The number of likely N-dealkylation sites (tertiary alicyclic amines) is 1. The van der Waals surface area contributed by atoms with Gasteiger partial charge in [-0.15, -0.1) is 0 Å². The summed E-state index contributed by atoms with van der Waals surface area (Å²) in [4.78, 5) is 27.2. The largest absolute Gasteiger partial charge is 0.484 e. The Balaban J connectivity index is 1.39. The van der Waals surface area contributed by atoms with Gasteiger partial charge in [0.25, 0.3) is 12.3 Å². The van der Waals surface area contributed by atoms with Gasteiger partial charge in [0.05, 0.1) is 6.54 Å². The molecule has 2 fully saturated rings. The van der Waals surface area contributed by atoms with E-state index in [0.717, 1.165) is 18.7 Å². The van der Waals surface area contributed by atoms with Gasteiger partial charge in [-0.2, -0.15) is 0 Å². The first-order chi connectivity index (χ1) is 13.0. The van der Waals surface area contributed by atoms with E-state index >= 15 is 0 Å². The number of carbonyl (C=O) groups excluding carboxylic acids is 2. The number of halogens is 2. The van der Waals surface area contributed by atoms with Gasteiger partial charge in [0.2, 0.25) is 5.91 Å². The molecule has 27 heavy (non-hydrogen) atoms. The molecule has 8 heteroatoms. The number of nitrogens with one attached hydrogen (secondary N) is 1. The number of alkyl halides is 2. The SMILES string of the molecule is O=C(COc1ccc(N2CCCC2=O)cc1)NC1CCN(CC(F)F)CC1. The topological polar surface area (TPSA) is 61.9 Å². The molecular formula is C19H25F2N3O3. The van der Waals surface area contributed by atoms with Gasteiger partial charge in [0.15, 0.2) is 6.61 Å². The molecule has 0 saturated carbocycles. The Bertz CT molecular complexity index is 646. The number of hydrogen-bond acceptors (Lipinski definition) is 4. The van der Waals surface area contributed by atoms with Crippen molar-refractivity contribution in [2.24, 2.45) is 0 Å². The van der Waals surface area contributed by atoms with Crippen LogP contribution in [-0.2, 0) is 9.59 Å². The van der Waals surface area contributed by atoms with E-state index in [2.05, 4.69) is 5.32 Å². The summed E-state index contributed by atoms with van der Waals surface area (Å²) in [5.74, 6) is 0.469. The van der Waals surface area contributed by atoms with Crippen LogP contribution in [-0.4, -0.2) is 62.0 Å². The van der Waals surface area contributed by atoms with Crippen molar-refractivity contribution in [2.45, 2.75) is 38.2 Å². The highest BCUT2D eigenvalue weighted by Gasteiger charge is 2.23. The molecule has 2 amide bonds. The summed E-state index contributed by atoms with van der Waals surface area (Å²) >= 11 is 0. The number of piperidine rings is 1. The summed E-state index contributed by atoms with van der Waals surface area (Å²) < 4.78 is 30.2. The number of amides is 2. The van der Waals surface area contributed by atoms with E-state index in [4.69, 9.17) is 4.74 Å². The Labute approximate surface area is 157 Å². The maximum Gasteiger partial charge on any atom is 0.258 e. The number of nitrogens with zero attached hydrogens (tertiary/aromatic N) is 2. The van der Waals surface area contributed by atoms with Gasteiger partial charge in [0, 0.05) is 37.8 Å². The Hall–Kier alpha value is -2.22. The van der Waals surface area contributed by atoms with Crippen molar-refractivity contribution >= 4 is 17.5 Å². The van der Waals surface area contributed by atoms with Crippen LogP contribution < -0.4 is 15.0 Å². The number of benzene rings is 1. The summed E-state index contributed by atoms with van der Waals surface area (Å²) in [6, 6.07) is 7.12. The molecule has 0 unspecified atom stereocenters. The highest BCUT2D eigenvalue weighted by atomic mass is 19.3. The third kappa shape index (κ3) is 5.63. The molecule has 1 N–H and O–H groups in total. The van der Waals surface area contributed by atoms with Crippen LogP contribution in [0, 0.1) is 0 Å². The van der Waals surface area contributed by atoms with Gasteiger partial charge in [-0.1, -0.05) is 0 Å². The van der Waals surface area contributed by atoms with Crippen molar-refractivity contribution in [3.63, 3.8) is 0 Å². The Morgan fingerprint density at radius 2 is 1.89 bits per heavy atom. The molecule has 2 heterocycles. The molecule has 1 aromatic carbocycles. The molecule has 3 rings (SSSR count). The average Bonchev–Trinajstić information content (AvgIpc) is 3.08. The van der Waals surface area contributed by atoms with Crippen LogP contribution in [0.5, 0.6) is 5.75 Å². The van der Waals surface area contributed by atoms with Crippen LogP contribution in [0.1, 0.15) is 25.7 Å². The summed E-state index contributed by atoms with van der Waals surface area (Å²) in [6.07, 6.45) is 0.464. The van der Waals surface area contributed by atoms with Gasteiger partial charge in [-0.3, -0.25) is 14.5 Å². The van der Waals surface area contributed by atoms with E-state index in [-0.39, 0.29) is 31.0 Å². The summed E-state index contributed by atoms with van der Waals surface area (Å²) in [6.45, 7) is 1.55. The molecule has 1 aromatic rings. The molecule has 6 nitrogen and oxygen atoms in total. The smallest absolute Gasteiger partial charge is 0.258 e. The predicted octanol–water partition coefficient (Wildman–Crippen LogP) is 2.04. The number of rotatable bonds is 7. The normalized spacial score (nSPS) is 18.9. The third-order valence-corrected chi connectivity index (χ3v) is 4.94. The molecule has 0 spiro atoms. The van der Waals surface area contributed by atoms with E-state index in [1.807, 2.05) is 12.1 Å². The van der Waals surface area contributed by atoms with E-state index in [0.29, 0.717) is 38.1 Å². The molecule has 2 aliphatic rings. The standard InChI is InChI=1S/C19H25F2N3O3/c20-17(21)12-23-10-7-14(8-11-23)22-18(25)13-27-16-5-3-15(4-6-16)24-9-1-2-19(24)26/h3-6,14,17H,1-2,7-13H2,(H,22,25). The monoisotopic (exact) mass is 381 g/mol. The van der Waals surface area contributed by atoms with Crippen molar-refractivity contribution in [1.82, 2.24) is 10.2 Å². The highest BCUT2D eigenvalue weighted by Crippen LogP contribution is 2.23. The van der Waals surface area contributed by atoms with E-state index in [1.54, 1.807) is 21.9 Å². The number of anilines is 1. The number of carbonyl (C=O) groups is 2. The third-order valence-electron chi connectivity index (χ3n) is 4.94. The fourth-order valence-electron chi connectivity index (χ4n) is 3.52. The average molecular weight is 381 g/mol. The second-order valence-corrected chi connectivity index (χ2v) is 6.96. The van der Waals surface area contributed by atoms with Crippen LogP contribution in [0.25, 0.3) is 0 Å². The predicted molar refractivity (Wildman–Crippen MR) is 97.1 cm³/mol. The molecule has 2 saturated heterocycles. The van der Waals surface area contributed by atoms with Gasteiger partial charge < -0.3 is 15.0 Å². The maximum absolute atomic E-state index is 12.4. The molecule has 0 radical (unpaired) electrons. The van der Waals surface area contributed by atoms with Crippen LogP contribution in [0.2, 0.25) is 0 Å². The van der Waals surface area contributed by atoms with Crippen LogP contribution in [0.3, 0.4) is 0 Å². The first-order valence-corrected chi connectivity index (χ1v) is 9.34. The highest BCUT2D eigenvalue weighted by molar-refractivity contribution is 5.95. The van der Waals surface area contributed by atoms with Gasteiger partial charge in [0.1, 0.15) is 5.75 Å². The van der Waals surface area contributed by atoms with Crippen molar-refractivity contribution in [2.75, 3.05) is 37.7 Å². The minimum Gasteiger partial charge on any atom is -0.484 e. The Morgan fingerprint density at radius 3 is 2.48 bits per heavy atom. The summed E-state index contributed by atoms with van der Waals surface area (Å²) in [5.41, 5.74) is 0.838. The van der Waals surface area contributed by atoms with Crippen LogP contribution in [0.4, 0.5) is 14.5 Å². The molecular weight excluding hydrogens is 356 g/mol. The zero-order valence-corrected chi connectivity index (χ0v) is 15.2. The lowest BCUT2D eigenvalue weighted by atomic mass is 10.1. The van der Waals surface area contributed by atoms with E-state index < -0.39 is 6.43 Å². The maximum atomic E-state index is 12.4. The van der Waals surface area contributed by atoms with E-state index in [9.17, 15) is 18.4 Å². The lowest BCUT2D eigenvalue weighted by Crippen LogP contribution is -2.46. The van der Waals surface area contributed by atoms with Crippen LogP contribution >= 0.6 is 0 Å². The molecule has 0 aliphatic carbocycles. The number of hydrogen-bond donors (Lipinski definition) is 1. The fraction of sp³-hybridized carbons (Fsp3) is 0.579. The second kappa shape index (κ2) is 9.12. The quantitative estimate of drug-likeness (QED) is 0.785. The van der Waals surface area contributed by atoms with Crippen molar-refractivity contribution in [3.8, 4) is 5.75 Å². The van der Waals surface area contributed by atoms with E-state index in [1.165, 1.54) is 0 Å². The zero-order valence-electron chi connectivity index (χ0n) is 15.2. The van der Waals surface area contributed by atoms with Crippen molar-refractivity contribution < 1.29 is 23.1 Å². The first-order valence-electron chi connectivity index (χ1n) is 9.34. The Kier molecular flexibility index (Phi) is 6.60. The molecule has 148 valence electrons. The lowest BCUT2D eigenvalue weighted by molar-refractivity contribution is -0.124. The zero-order chi connectivity index (χ0) is 19.2. The minimum atomic E-state index is -2.32.